The number of amides is 1. The van der Waals surface area contributed by atoms with Gasteiger partial charge in [-0.15, -0.1) is 0 Å². The van der Waals surface area contributed by atoms with E-state index in [1.165, 1.54) is 35.8 Å². The number of hydrogen-bond acceptors (Lipinski definition) is 7. The van der Waals surface area contributed by atoms with Crippen molar-refractivity contribution in [1.82, 2.24) is 9.97 Å². The second-order valence-corrected chi connectivity index (χ2v) is 9.38. The molecule has 0 saturated heterocycles. The van der Waals surface area contributed by atoms with E-state index in [0.717, 1.165) is 0 Å². The van der Waals surface area contributed by atoms with Gasteiger partial charge in [-0.25, -0.2) is 18.4 Å². The Kier molecular flexibility index (Phi) is 5.77. The number of furan rings is 1. The smallest absolute Gasteiger partial charge is 0.293 e. The molecule has 2 N–H and O–H groups in total. The van der Waals surface area contributed by atoms with Crippen molar-refractivity contribution >= 4 is 49.8 Å². The Morgan fingerprint density at radius 2 is 1.84 bits per heavy atom. The highest BCUT2D eigenvalue weighted by Gasteiger charge is 2.21. The molecule has 11 heteroatoms. The number of rotatable bonds is 6. The number of nitrogens with one attached hydrogen (secondary N) is 2. The summed E-state index contributed by atoms with van der Waals surface area (Å²) in [5.74, 6) is -0.226. The van der Waals surface area contributed by atoms with Crippen LogP contribution in [-0.2, 0) is 10.0 Å². The molecule has 0 aliphatic carbocycles. The molecule has 0 bridgehead atoms. The van der Waals surface area contributed by atoms with Crippen LogP contribution >= 0.6 is 22.9 Å². The van der Waals surface area contributed by atoms with Gasteiger partial charge in [0.2, 0.25) is 0 Å². The molecule has 158 valence electrons. The Balaban J connectivity index is 1.68. The van der Waals surface area contributed by atoms with Gasteiger partial charge in [0.05, 0.1) is 21.7 Å². The number of aryl methyl sites for hydroxylation is 1. The Hall–Kier alpha value is -3.21. The van der Waals surface area contributed by atoms with Crippen molar-refractivity contribution in [3.63, 3.8) is 0 Å². The number of hydrogen-bond donors (Lipinski definition) is 2. The first-order chi connectivity index (χ1) is 14.8. The number of nitrogens with zero attached hydrogens (tertiary/aromatic N) is 2. The summed E-state index contributed by atoms with van der Waals surface area (Å²) in [5, 5.41) is 3.13. The lowest BCUT2D eigenvalue weighted by molar-refractivity contribution is 0.0996. The molecule has 0 aliphatic rings. The normalized spacial score (nSPS) is 11.3. The molecule has 31 heavy (non-hydrogen) atoms. The lowest BCUT2D eigenvalue weighted by atomic mass is 10.2. The fourth-order valence-electron chi connectivity index (χ4n) is 2.75. The predicted molar refractivity (Wildman–Crippen MR) is 119 cm³/mol. The SMILES string of the molecule is Cc1nc(NC(=O)c2ccco2)sc1-c1ccc(Cl)nc1NS(=O)(=O)c1ccccc1. The minimum absolute atomic E-state index is 0.0621. The van der Waals surface area contributed by atoms with Gasteiger partial charge in [-0.05, 0) is 43.3 Å². The quantitative estimate of drug-likeness (QED) is 0.387. The molecule has 8 nitrogen and oxygen atoms in total. The van der Waals surface area contributed by atoms with Gasteiger partial charge in [0.15, 0.2) is 10.9 Å². The third-order valence-corrected chi connectivity index (χ3v) is 6.82. The summed E-state index contributed by atoms with van der Waals surface area (Å²) in [5.41, 5.74) is 1.07. The van der Waals surface area contributed by atoms with Crippen molar-refractivity contribution < 1.29 is 17.6 Å². The molecule has 4 rings (SSSR count). The molecule has 0 unspecified atom stereocenters. The largest absolute Gasteiger partial charge is 0.459 e. The van der Waals surface area contributed by atoms with Crippen LogP contribution < -0.4 is 10.0 Å². The molecule has 0 spiro atoms. The van der Waals surface area contributed by atoms with E-state index in [9.17, 15) is 13.2 Å². The average Bonchev–Trinajstić information content (AvgIpc) is 3.39. The van der Waals surface area contributed by atoms with Crippen LogP contribution in [0.25, 0.3) is 10.4 Å². The second kappa shape index (κ2) is 8.50. The van der Waals surface area contributed by atoms with Crippen molar-refractivity contribution in [2.24, 2.45) is 0 Å². The van der Waals surface area contributed by atoms with Crippen LogP contribution in [0.4, 0.5) is 10.9 Å². The molecule has 3 aromatic heterocycles. The maximum Gasteiger partial charge on any atom is 0.293 e. The summed E-state index contributed by atoms with van der Waals surface area (Å²) in [6, 6.07) is 14.3. The first-order valence-electron chi connectivity index (χ1n) is 8.90. The molecule has 0 atom stereocenters. The number of thiazole rings is 1. The third-order valence-electron chi connectivity index (χ3n) is 4.15. The summed E-state index contributed by atoms with van der Waals surface area (Å²) in [7, 11) is -3.88. The number of pyridine rings is 1. The van der Waals surface area contributed by atoms with E-state index < -0.39 is 15.9 Å². The molecule has 1 aromatic carbocycles. The van der Waals surface area contributed by atoms with Crippen molar-refractivity contribution in [3.05, 3.63) is 77.5 Å². The van der Waals surface area contributed by atoms with Crippen LogP contribution in [-0.4, -0.2) is 24.3 Å². The van der Waals surface area contributed by atoms with E-state index in [4.69, 9.17) is 16.0 Å². The first-order valence-corrected chi connectivity index (χ1v) is 11.6. The number of carbonyl (C=O) groups is 1. The monoisotopic (exact) mass is 474 g/mol. The average molecular weight is 475 g/mol. The van der Waals surface area contributed by atoms with Gasteiger partial charge in [-0.3, -0.25) is 14.8 Å². The van der Waals surface area contributed by atoms with Crippen LogP contribution in [0.1, 0.15) is 16.2 Å². The van der Waals surface area contributed by atoms with Crippen molar-refractivity contribution in [1.29, 1.82) is 0 Å². The molecule has 0 saturated carbocycles. The van der Waals surface area contributed by atoms with Crippen LogP contribution in [0.15, 0.2) is 70.2 Å². The maximum atomic E-state index is 12.8. The van der Waals surface area contributed by atoms with Crippen molar-refractivity contribution in [2.75, 3.05) is 10.0 Å². The lowest BCUT2D eigenvalue weighted by Gasteiger charge is -2.11. The van der Waals surface area contributed by atoms with E-state index in [1.54, 1.807) is 43.3 Å². The van der Waals surface area contributed by atoms with Gasteiger partial charge in [0, 0.05) is 5.56 Å². The fraction of sp³-hybridized carbons (Fsp3) is 0.0500. The molecule has 0 fully saturated rings. The first kappa shape index (κ1) is 21.0. The van der Waals surface area contributed by atoms with Gasteiger partial charge >= 0.3 is 0 Å². The van der Waals surface area contributed by atoms with E-state index in [0.29, 0.717) is 21.3 Å². The van der Waals surface area contributed by atoms with Gasteiger partial charge in [-0.2, -0.15) is 0 Å². The molecular weight excluding hydrogens is 460 g/mol. The Bertz CT molecular complexity index is 1340. The van der Waals surface area contributed by atoms with Crippen LogP contribution in [0, 0.1) is 6.92 Å². The van der Waals surface area contributed by atoms with Gasteiger partial charge in [0.1, 0.15) is 11.0 Å². The zero-order chi connectivity index (χ0) is 22.0. The molecule has 4 aromatic rings. The number of carbonyl (C=O) groups excluding carboxylic acids is 1. The maximum absolute atomic E-state index is 12.8. The van der Waals surface area contributed by atoms with E-state index in [1.807, 2.05) is 0 Å². The zero-order valence-electron chi connectivity index (χ0n) is 16.0. The zero-order valence-corrected chi connectivity index (χ0v) is 18.4. The highest BCUT2D eigenvalue weighted by molar-refractivity contribution is 7.92. The minimum atomic E-state index is -3.88. The van der Waals surface area contributed by atoms with Gasteiger partial charge < -0.3 is 4.42 Å². The van der Waals surface area contributed by atoms with E-state index in [2.05, 4.69) is 20.0 Å². The van der Waals surface area contributed by atoms with Crippen molar-refractivity contribution in [2.45, 2.75) is 11.8 Å². The van der Waals surface area contributed by atoms with Crippen LogP contribution in [0.2, 0.25) is 5.15 Å². The van der Waals surface area contributed by atoms with Gasteiger partial charge in [-0.1, -0.05) is 41.1 Å². The second-order valence-electron chi connectivity index (χ2n) is 6.31. The number of benzene rings is 1. The molecule has 1 amide bonds. The lowest BCUT2D eigenvalue weighted by Crippen LogP contribution is -2.14. The number of aromatic nitrogens is 2. The van der Waals surface area contributed by atoms with Crippen molar-refractivity contribution in [3.8, 4) is 10.4 Å². The summed E-state index contributed by atoms with van der Waals surface area (Å²) in [6.07, 6.45) is 1.40. The standard InChI is InChI=1S/C20H15ClN4O4S2/c1-12-17(30-20(22-12)24-19(26)15-8-5-11-29-15)14-9-10-16(21)23-18(14)25-31(27,28)13-6-3-2-4-7-13/h2-11H,1H3,(H,23,25)(H,22,24,26). The third kappa shape index (κ3) is 4.61. The van der Waals surface area contributed by atoms with Crippen LogP contribution in [0.5, 0.6) is 0 Å². The molecular formula is C20H15ClN4O4S2. The molecule has 3 heterocycles. The fourth-order valence-corrected chi connectivity index (χ4v) is 4.93. The van der Waals surface area contributed by atoms with Crippen LogP contribution in [0.3, 0.4) is 0 Å². The van der Waals surface area contributed by atoms with Gasteiger partial charge in [0.25, 0.3) is 15.9 Å². The topological polar surface area (TPSA) is 114 Å². The summed E-state index contributed by atoms with van der Waals surface area (Å²) < 4.78 is 33.2. The molecule has 0 aliphatic heterocycles. The highest BCUT2D eigenvalue weighted by atomic mass is 35.5. The predicted octanol–water partition coefficient (Wildman–Crippen LogP) is 4.81. The Morgan fingerprint density at radius 3 is 2.55 bits per heavy atom. The molecule has 0 radical (unpaired) electrons. The highest BCUT2D eigenvalue weighted by Crippen LogP contribution is 2.37. The number of halogens is 1. The Labute approximate surface area is 187 Å². The summed E-state index contributed by atoms with van der Waals surface area (Å²) in [4.78, 5) is 21.5. The minimum Gasteiger partial charge on any atom is -0.459 e. The van der Waals surface area contributed by atoms with E-state index >= 15 is 0 Å². The number of anilines is 2. The number of sulfonamides is 1. The summed E-state index contributed by atoms with van der Waals surface area (Å²) >= 11 is 7.20. The Morgan fingerprint density at radius 1 is 1.06 bits per heavy atom. The summed E-state index contributed by atoms with van der Waals surface area (Å²) in [6.45, 7) is 1.75. The van der Waals surface area contributed by atoms with E-state index in [-0.39, 0.29) is 21.6 Å².